The number of hydrogen-bond acceptors (Lipinski definition) is 5. The maximum absolute atomic E-state index is 13.0. The SMILES string of the molecule is COc1ccc(C(=O)NCCCN)cc1S(=O)(=O)N(C)Cc1ccccc1. The second kappa shape index (κ2) is 9.50. The molecule has 2 aromatic carbocycles. The molecule has 1 amide bonds. The Hall–Kier alpha value is -2.42. The van der Waals surface area contributed by atoms with Gasteiger partial charge in [0.25, 0.3) is 5.91 Å². The molecule has 0 aliphatic rings. The number of nitrogens with one attached hydrogen (secondary N) is 1. The molecule has 0 fully saturated rings. The molecule has 0 unspecified atom stereocenters. The molecule has 0 aliphatic heterocycles. The van der Waals surface area contributed by atoms with Gasteiger partial charge in [-0.15, -0.1) is 0 Å². The van der Waals surface area contributed by atoms with Crippen molar-refractivity contribution in [3.8, 4) is 5.75 Å². The van der Waals surface area contributed by atoms with Gasteiger partial charge >= 0.3 is 0 Å². The molecule has 2 aromatic rings. The first-order valence-corrected chi connectivity index (χ1v) is 10.0. The molecule has 0 saturated heterocycles. The van der Waals surface area contributed by atoms with Crippen LogP contribution in [0.4, 0.5) is 0 Å². The van der Waals surface area contributed by atoms with Crippen molar-refractivity contribution in [2.24, 2.45) is 5.73 Å². The summed E-state index contributed by atoms with van der Waals surface area (Å²) in [4.78, 5) is 12.2. The highest BCUT2D eigenvalue weighted by Gasteiger charge is 2.26. The largest absolute Gasteiger partial charge is 0.495 e. The quantitative estimate of drug-likeness (QED) is 0.632. The van der Waals surface area contributed by atoms with Crippen LogP contribution in [0.25, 0.3) is 0 Å². The normalized spacial score (nSPS) is 11.4. The molecule has 0 spiro atoms. The van der Waals surface area contributed by atoms with Crippen molar-refractivity contribution in [3.63, 3.8) is 0 Å². The number of nitrogens with two attached hydrogens (primary N) is 1. The number of sulfonamides is 1. The lowest BCUT2D eigenvalue weighted by Crippen LogP contribution is -2.28. The number of carbonyl (C=O) groups excluding carboxylic acids is 1. The predicted octanol–water partition coefficient (Wildman–Crippen LogP) is 1.59. The number of amides is 1. The Labute approximate surface area is 160 Å². The first-order valence-electron chi connectivity index (χ1n) is 8.56. The summed E-state index contributed by atoms with van der Waals surface area (Å²) in [6.45, 7) is 1.10. The second-order valence-corrected chi connectivity index (χ2v) is 8.02. The summed E-state index contributed by atoms with van der Waals surface area (Å²) in [6, 6.07) is 13.6. The van der Waals surface area contributed by atoms with E-state index < -0.39 is 10.0 Å². The number of benzene rings is 2. The number of ether oxygens (including phenoxy) is 1. The molecule has 0 aromatic heterocycles. The third kappa shape index (κ3) is 5.29. The van der Waals surface area contributed by atoms with Gasteiger partial charge in [0, 0.05) is 25.7 Å². The van der Waals surface area contributed by atoms with Crippen molar-refractivity contribution in [1.82, 2.24) is 9.62 Å². The molecule has 0 bridgehead atoms. The minimum absolute atomic E-state index is 0.0464. The Morgan fingerprint density at radius 1 is 1.19 bits per heavy atom. The third-order valence-corrected chi connectivity index (χ3v) is 5.85. The second-order valence-electron chi connectivity index (χ2n) is 6.01. The summed E-state index contributed by atoms with van der Waals surface area (Å²) in [5.74, 6) is -0.165. The van der Waals surface area contributed by atoms with Crippen LogP contribution in [0.1, 0.15) is 22.3 Å². The average molecular weight is 391 g/mol. The first kappa shape index (κ1) is 20.9. The van der Waals surface area contributed by atoms with Crippen molar-refractivity contribution >= 4 is 15.9 Å². The van der Waals surface area contributed by atoms with Gasteiger partial charge in [-0.25, -0.2) is 8.42 Å². The van der Waals surface area contributed by atoms with Crippen LogP contribution in [-0.4, -0.2) is 45.9 Å². The number of methoxy groups -OCH3 is 1. The molecule has 7 nitrogen and oxygen atoms in total. The van der Waals surface area contributed by atoms with Gasteiger partial charge in [-0.2, -0.15) is 4.31 Å². The zero-order chi connectivity index (χ0) is 19.9. The smallest absolute Gasteiger partial charge is 0.251 e. The van der Waals surface area contributed by atoms with E-state index in [1.54, 1.807) is 0 Å². The fraction of sp³-hybridized carbons (Fsp3) is 0.316. The molecular formula is C19H25N3O4S. The van der Waals surface area contributed by atoms with Crippen LogP contribution in [0.2, 0.25) is 0 Å². The van der Waals surface area contributed by atoms with Crippen LogP contribution < -0.4 is 15.8 Å². The highest BCUT2D eigenvalue weighted by molar-refractivity contribution is 7.89. The van der Waals surface area contributed by atoms with E-state index in [0.717, 1.165) is 5.56 Å². The van der Waals surface area contributed by atoms with Crippen molar-refractivity contribution in [1.29, 1.82) is 0 Å². The van der Waals surface area contributed by atoms with Gasteiger partial charge in [0.1, 0.15) is 10.6 Å². The Bertz CT molecular complexity index is 870. The summed E-state index contributed by atoms with van der Waals surface area (Å²) >= 11 is 0. The van der Waals surface area contributed by atoms with Gasteiger partial charge < -0.3 is 15.8 Å². The van der Waals surface area contributed by atoms with E-state index in [-0.39, 0.29) is 28.7 Å². The van der Waals surface area contributed by atoms with E-state index in [1.807, 2.05) is 30.3 Å². The number of nitrogens with zero attached hydrogens (tertiary/aromatic N) is 1. The fourth-order valence-electron chi connectivity index (χ4n) is 2.52. The van der Waals surface area contributed by atoms with E-state index in [4.69, 9.17) is 10.5 Å². The van der Waals surface area contributed by atoms with Crippen LogP contribution in [-0.2, 0) is 16.6 Å². The summed E-state index contributed by atoms with van der Waals surface area (Å²) in [5.41, 5.74) is 6.53. The lowest BCUT2D eigenvalue weighted by atomic mass is 10.2. The van der Waals surface area contributed by atoms with Crippen molar-refractivity contribution in [2.45, 2.75) is 17.9 Å². The van der Waals surface area contributed by atoms with E-state index in [9.17, 15) is 13.2 Å². The minimum Gasteiger partial charge on any atom is -0.495 e. The van der Waals surface area contributed by atoms with Gasteiger partial charge in [0.05, 0.1) is 7.11 Å². The minimum atomic E-state index is -3.85. The molecule has 8 heteroatoms. The molecule has 146 valence electrons. The highest BCUT2D eigenvalue weighted by atomic mass is 32.2. The zero-order valence-electron chi connectivity index (χ0n) is 15.5. The molecule has 0 aliphatic carbocycles. The Morgan fingerprint density at radius 3 is 2.52 bits per heavy atom. The Balaban J connectivity index is 2.30. The number of rotatable bonds is 9. The predicted molar refractivity (Wildman–Crippen MR) is 104 cm³/mol. The maximum Gasteiger partial charge on any atom is 0.251 e. The van der Waals surface area contributed by atoms with Crippen LogP contribution >= 0.6 is 0 Å². The van der Waals surface area contributed by atoms with Gasteiger partial charge in [-0.3, -0.25) is 4.79 Å². The van der Waals surface area contributed by atoms with Crippen molar-refractivity contribution < 1.29 is 17.9 Å². The van der Waals surface area contributed by atoms with Gasteiger partial charge in [0.15, 0.2) is 0 Å². The number of hydrogen-bond donors (Lipinski definition) is 2. The van der Waals surface area contributed by atoms with E-state index >= 15 is 0 Å². The maximum atomic E-state index is 13.0. The molecule has 0 heterocycles. The average Bonchev–Trinajstić information content (AvgIpc) is 2.68. The van der Waals surface area contributed by atoms with Crippen LogP contribution in [0.5, 0.6) is 5.75 Å². The summed E-state index contributed by atoms with van der Waals surface area (Å²) in [6.07, 6.45) is 0.646. The van der Waals surface area contributed by atoms with E-state index in [2.05, 4.69) is 5.32 Å². The molecule has 27 heavy (non-hydrogen) atoms. The van der Waals surface area contributed by atoms with E-state index in [0.29, 0.717) is 19.5 Å². The third-order valence-electron chi connectivity index (χ3n) is 4.03. The Kier molecular flexibility index (Phi) is 7.35. The molecule has 3 N–H and O–H groups in total. The highest BCUT2D eigenvalue weighted by Crippen LogP contribution is 2.28. The van der Waals surface area contributed by atoms with Crippen LogP contribution in [0, 0.1) is 0 Å². The fourth-order valence-corrected chi connectivity index (χ4v) is 3.86. The molecule has 0 radical (unpaired) electrons. The Morgan fingerprint density at radius 2 is 1.89 bits per heavy atom. The zero-order valence-corrected chi connectivity index (χ0v) is 16.3. The topological polar surface area (TPSA) is 102 Å². The molecule has 0 saturated carbocycles. The number of carbonyl (C=O) groups is 1. The molecule has 0 atom stereocenters. The lowest BCUT2D eigenvalue weighted by molar-refractivity contribution is 0.0953. The van der Waals surface area contributed by atoms with Gasteiger partial charge in [-0.1, -0.05) is 30.3 Å². The summed E-state index contributed by atoms with van der Waals surface area (Å²) in [5, 5.41) is 2.72. The van der Waals surface area contributed by atoms with Crippen molar-refractivity contribution in [2.75, 3.05) is 27.2 Å². The van der Waals surface area contributed by atoms with Crippen LogP contribution in [0.15, 0.2) is 53.4 Å². The molecular weight excluding hydrogens is 366 g/mol. The van der Waals surface area contributed by atoms with Gasteiger partial charge in [-0.05, 0) is 36.7 Å². The standard InChI is InChI=1S/C19H25N3O4S/c1-22(14-15-7-4-3-5-8-15)27(24,25)18-13-16(9-10-17(18)26-2)19(23)21-12-6-11-20/h3-5,7-10,13H,6,11-12,14,20H2,1-2H3,(H,21,23). The molecule has 2 rings (SSSR count). The first-order chi connectivity index (χ1) is 12.9. The lowest BCUT2D eigenvalue weighted by Gasteiger charge is -2.19. The van der Waals surface area contributed by atoms with E-state index in [1.165, 1.54) is 36.7 Å². The summed E-state index contributed by atoms with van der Waals surface area (Å²) in [7, 11) is -0.962. The monoisotopic (exact) mass is 391 g/mol. The summed E-state index contributed by atoms with van der Waals surface area (Å²) < 4.78 is 32.5. The van der Waals surface area contributed by atoms with Gasteiger partial charge in [0.2, 0.25) is 10.0 Å². The van der Waals surface area contributed by atoms with Crippen LogP contribution in [0.3, 0.4) is 0 Å². The van der Waals surface area contributed by atoms with Crippen molar-refractivity contribution in [3.05, 3.63) is 59.7 Å².